The number of ether oxygens (including phenoxy) is 1. The first-order valence-corrected chi connectivity index (χ1v) is 10.8. The van der Waals surface area contributed by atoms with Gasteiger partial charge in [0.25, 0.3) is 0 Å². The molecule has 0 bridgehead atoms. The van der Waals surface area contributed by atoms with Crippen molar-refractivity contribution in [1.29, 1.82) is 0 Å². The molecule has 0 aliphatic carbocycles. The molecule has 2 aromatic carbocycles. The maximum Gasteiger partial charge on any atom is 0.485 e. The van der Waals surface area contributed by atoms with Crippen molar-refractivity contribution in [2.24, 2.45) is 0 Å². The molecule has 0 atom stereocenters. The van der Waals surface area contributed by atoms with Crippen LogP contribution in [0.5, 0.6) is 5.75 Å². The highest BCUT2D eigenvalue weighted by Crippen LogP contribution is 2.20. The number of benzene rings is 2. The lowest BCUT2D eigenvalue weighted by Gasteiger charge is -2.08. The molecule has 0 radical (unpaired) electrons. The molecular weight excluding hydrogens is 484 g/mol. The summed E-state index contributed by atoms with van der Waals surface area (Å²) in [6.45, 7) is 6.60. The molecular formula is C17H18F3IO4S. The first-order valence-electron chi connectivity index (χ1n) is 7.24. The first kappa shape index (κ1) is 22.7. The number of halogens is 4. The Labute approximate surface area is 161 Å². The summed E-state index contributed by atoms with van der Waals surface area (Å²) in [6, 6.07) is 13.0. The lowest BCUT2D eigenvalue weighted by atomic mass is 10.1. The standard InChI is InChI=1S/C16H18IO.CHF3O3S/c1-11-9-12(2)16(13(3)10-11)17-14-5-7-15(18-4)8-6-14;2-1(3,4)8(5,6)7/h5-10H,1-4H3;(H,5,6,7)/q+1;/p-1. The monoisotopic (exact) mass is 502 g/mol. The van der Waals surface area contributed by atoms with Crippen LogP contribution in [0, 0.1) is 27.9 Å². The van der Waals surface area contributed by atoms with Crippen LogP contribution in [0.1, 0.15) is 16.7 Å². The predicted molar refractivity (Wildman–Crippen MR) is 86.8 cm³/mol. The van der Waals surface area contributed by atoms with Crippen molar-refractivity contribution in [3.63, 3.8) is 0 Å². The van der Waals surface area contributed by atoms with Crippen molar-refractivity contribution < 1.29 is 52.1 Å². The van der Waals surface area contributed by atoms with Crippen molar-refractivity contribution in [2.45, 2.75) is 26.3 Å². The summed E-state index contributed by atoms with van der Waals surface area (Å²) in [4.78, 5) is 0. The third-order valence-electron chi connectivity index (χ3n) is 3.12. The maximum atomic E-state index is 10.7. The molecule has 0 aromatic heterocycles. The van der Waals surface area contributed by atoms with Crippen LogP contribution >= 0.6 is 0 Å². The van der Waals surface area contributed by atoms with E-state index in [9.17, 15) is 13.2 Å². The van der Waals surface area contributed by atoms with Crippen LogP contribution in [-0.2, 0) is 10.1 Å². The third-order valence-corrected chi connectivity index (χ3v) is 7.27. The van der Waals surface area contributed by atoms with Crippen molar-refractivity contribution >= 4 is 10.1 Å². The van der Waals surface area contributed by atoms with Gasteiger partial charge in [-0.05, 0) is 45.0 Å². The number of hydrogen-bond acceptors (Lipinski definition) is 4. The molecule has 0 aliphatic rings. The fourth-order valence-electron chi connectivity index (χ4n) is 2.05. The minimum atomic E-state index is -6.09. The second kappa shape index (κ2) is 9.05. The van der Waals surface area contributed by atoms with Gasteiger partial charge in [0.2, 0.25) is 0 Å². The largest absolute Gasteiger partial charge is 0.741 e. The number of hydrogen-bond donors (Lipinski definition) is 0. The average Bonchev–Trinajstić information content (AvgIpc) is 2.50. The Morgan fingerprint density at radius 3 is 1.77 bits per heavy atom. The van der Waals surface area contributed by atoms with Gasteiger partial charge >= 0.3 is 26.7 Å². The Balaban J connectivity index is 0.000000359. The van der Waals surface area contributed by atoms with Gasteiger partial charge in [0.1, 0.15) is 5.75 Å². The quantitative estimate of drug-likeness (QED) is 0.354. The van der Waals surface area contributed by atoms with Gasteiger partial charge in [-0.3, -0.25) is 0 Å². The van der Waals surface area contributed by atoms with E-state index in [1.807, 2.05) is 12.1 Å². The molecule has 0 saturated heterocycles. The molecule has 0 saturated carbocycles. The van der Waals surface area contributed by atoms with Gasteiger partial charge in [0, 0.05) is 11.1 Å². The SMILES string of the molecule is COc1ccc([I+]c2c(C)cc(C)cc2C)cc1.O=S(=O)([O-])C(F)(F)F. The van der Waals surface area contributed by atoms with Crippen molar-refractivity contribution in [2.75, 3.05) is 7.11 Å². The van der Waals surface area contributed by atoms with Crippen LogP contribution < -0.4 is 25.9 Å². The molecule has 26 heavy (non-hydrogen) atoms. The second-order valence-electron chi connectivity index (χ2n) is 5.37. The van der Waals surface area contributed by atoms with E-state index in [-0.39, 0.29) is 21.2 Å². The van der Waals surface area contributed by atoms with E-state index in [1.165, 1.54) is 20.3 Å². The second-order valence-corrected chi connectivity index (χ2v) is 9.60. The van der Waals surface area contributed by atoms with Gasteiger partial charge in [-0.2, -0.15) is 13.2 Å². The van der Waals surface area contributed by atoms with E-state index in [0.717, 1.165) is 5.75 Å². The molecule has 0 amide bonds. The Kier molecular flexibility index (Phi) is 7.90. The summed E-state index contributed by atoms with van der Waals surface area (Å²) in [5.74, 6) is 0.931. The first-order chi connectivity index (χ1) is 11.8. The van der Waals surface area contributed by atoms with Crippen LogP contribution in [0.3, 0.4) is 0 Å². The number of alkyl halides is 3. The molecule has 0 spiro atoms. The van der Waals surface area contributed by atoms with E-state index in [1.54, 1.807) is 10.7 Å². The molecule has 2 rings (SSSR count). The summed E-state index contributed by atoms with van der Waals surface area (Å²) in [7, 11) is -4.38. The molecule has 9 heteroatoms. The summed E-state index contributed by atoms with van der Waals surface area (Å²) in [6.07, 6.45) is 0. The van der Waals surface area contributed by atoms with E-state index in [4.69, 9.17) is 17.7 Å². The van der Waals surface area contributed by atoms with Crippen molar-refractivity contribution in [3.8, 4) is 5.75 Å². The fraction of sp³-hybridized carbons (Fsp3) is 0.294. The van der Waals surface area contributed by atoms with Gasteiger partial charge in [-0.25, -0.2) is 8.42 Å². The molecule has 0 heterocycles. The number of rotatable bonds is 3. The molecule has 0 fully saturated rings. The maximum absolute atomic E-state index is 10.7. The minimum Gasteiger partial charge on any atom is -0.741 e. The normalized spacial score (nSPS) is 11.5. The zero-order chi connectivity index (χ0) is 20.1. The zero-order valence-electron chi connectivity index (χ0n) is 14.5. The smallest absolute Gasteiger partial charge is 0.485 e. The molecule has 0 aliphatic heterocycles. The minimum absolute atomic E-state index is 0.101. The van der Waals surface area contributed by atoms with E-state index >= 15 is 0 Å². The van der Waals surface area contributed by atoms with E-state index in [2.05, 4.69) is 45.0 Å². The summed E-state index contributed by atoms with van der Waals surface area (Å²) >= 11 is -0.101. The Morgan fingerprint density at radius 1 is 1.00 bits per heavy atom. The lowest BCUT2D eigenvalue weighted by Crippen LogP contribution is -3.62. The van der Waals surface area contributed by atoms with Gasteiger partial charge in [-0.1, -0.05) is 17.7 Å². The Bertz CT molecular complexity index is 824. The van der Waals surface area contributed by atoms with Crippen LogP contribution in [0.4, 0.5) is 13.2 Å². The highest BCUT2D eigenvalue weighted by Gasteiger charge is 2.36. The number of aryl methyl sites for hydroxylation is 3. The van der Waals surface area contributed by atoms with Gasteiger partial charge in [0.05, 0.1) is 7.11 Å². The highest BCUT2D eigenvalue weighted by atomic mass is 127. The average molecular weight is 502 g/mol. The fourth-order valence-corrected chi connectivity index (χ4v) is 4.56. The van der Waals surface area contributed by atoms with Crippen LogP contribution in [-0.4, -0.2) is 25.6 Å². The molecule has 0 unspecified atom stereocenters. The van der Waals surface area contributed by atoms with Gasteiger partial charge < -0.3 is 9.29 Å². The topological polar surface area (TPSA) is 66.4 Å². The number of methoxy groups -OCH3 is 1. The van der Waals surface area contributed by atoms with Crippen LogP contribution in [0.2, 0.25) is 0 Å². The van der Waals surface area contributed by atoms with Crippen LogP contribution in [0.15, 0.2) is 36.4 Å². The predicted octanol–water partition coefficient (Wildman–Crippen LogP) is 0.800. The Morgan fingerprint density at radius 2 is 1.42 bits per heavy atom. The van der Waals surface area contributed by atoms with Crippen molar-refractivity contribution in [3.05, 3.63) is 60.2 Å². The lowest BCUT2D eigenvalue weighted by molar-refractivity contribution is -0.598. The summed E-state index contributed by atoms with van der Waals surface area (Å²) in [5, 5.41) is 0. The molecule has 0 N–H and O–H groups in total. The van der Waals surface area contributed by atoms with Gasteiger partial charge in [0.15, 0.2) is 17.3 Å². The summed E-state index contributed by atoms with van der Waals surface area (Å²) < 4.78 is 67.1. The highest BCUT2D eigenvalue weighted by molar-refractivity contribution is 7.86. The van der Waals surface area contributed by atoms with Crippen LogP contribution in [0.25, 0.3) is 0 Å². The Hall–Kier alpha value is -1.33. The van der Waals surface area contributed by atoms with Gasteiger partial charge in [-0.15, -0.1) is 0 Å². The van der Waals surface area contributed by atoms with E-state index in [0.29, 0.717) is 0 Å². The van der Waals surface area contributed by atoms with Crippen molar-refractivity contribution in [1.82, 2.24) is 0 Å². The molecule has 2 aromatic rings. The summed E-state index contributed by atoms with van der Waals surface area (Å²) in [5.41, 5.74) is -1.44. The zero-order valence-corrected chi connectivity index (χ0v) is 17.5. The molecule has 144 valence electrons. The molecule has 4 nitrogen and oxygen atoms in total. The third kappa shape index (κ3) is 6.76. The van der Waals surface area contributed by atoms with E-state index < -0.39 is 15.6 Å².